The van der Waals surface area contributed by atoms with Crippen LogP contribution in [-0.4, -0.2) is 66.3 Å². The molecule has 0 N–H and O–H groups in total. The van der Waals surface area contributed by atoms with Gasteiger partial charge in [-0.1, -0.05) is 0 Å². The van der Waals surface area contributed by atoms with Crippen LogP contribution in [0.3, 0.4) is 0 Å². The Morgan fingerprint density at radius 2 is 1.60 bits per heavy atom. The minimum atomic E-state index is -0.471. The summed E-state index contributed by atoms with van der Waals surface area (Å²) in [6.07, 6.45) is 2.66. The summed E-state index contributed by atoms with van der Waals surface area (Å²) < 4.78 is 10.5. The summed E-state index contributed by atoms with van der Waals surface area (Å²) in [5.74, 6) is -0.0362. The lowest BCUT2D eigenvalue weighted by atomic mass is 9.35. The van der Waals surface area contributed by atoms with Crippen molar-refractivity contribution in [1.29, 1.82) is 0 Å². The number of rotatable bonds is 3. The molecular formula is C19H32N2O4. The molecule has 3 aliphatic carbocycles. The van der Waals surface area contributed by atoms with Crippen molar-refractivity contribution in [1.82, 2.24) is 9.80 Å². The SMILES string of the molecule is COC(=O)C12CC(CN3CC(C)N(C(=O)OC(C)(C)C)C(C)C3)(C1)C2. The van der Waals surface area contributed by atoms with Crippen molar-refractivity contribution in [3.05, 3.63) is 0 Å². The topological polar surface area (TPSA) is 59.1 Å². The minimum Gasteiger partial charge on any atom is -0.469 e. The molecule has 1 saturated heterocycles. The number of hydrogen-bond donors (Lipinski definition) is 0. The predicted molar refractivity (Wildman–Crippen MR) is 94.2 cm³/mol. The van der Waals surface area contributed by atoms with E-state index in [9.17, 15) is 9.59 Å². The monoisotopic (exact) mass is 352 g/mol. The molecule has 4 rings (SSSR count). The summed E-state index contributed by atoms with van der Waals surface area (Å²) >= 11 is 0. The number of carbonyl (C=O) groups excluding carboxylic acids is 2. The van der Waals surface area contributed by atoms with Crippen LogP contribution < -0.4 is 0 Å². The van der Waals surface area contributed by atoms with Gasteiger partial charge in [0.25, 0.3) is 0 Å². The summed E-state index contributed by atoms with van der Waals surface area (Å²) in [7, 11) is 1.48. The predicted octanol–water partition coefficient (Wildman–Crippen LogP) is 2.66. The smallest absolute Gasteiger partial charge is 0.410 e. The van der Waals surface area contributed by atoms with Crippen LogP contribution in [0.2, 0.25) is 0 Å². The van der Waals surface area contributed by atoms with Gasteiger partial charge in [0, 0.05) is 31.7 Å². The fourth-order valence-electron chi connectivity index (χ4n) is 5.31. The number of methoxy groups -OCH3 is 1. The normalized spacial score (nSPS) is 37.8. The number of hydrogen-bond acceptors (Lipinski definition) is 5. The number of carbonyl (C=O) groups is 2. The van der Waals surface area contributed by atoms with E-state index in [1.165, 1.54) is 7.11 Å². The summed E-state index contributed by atoms with van der Waals surface area (Å²) in [6.45, 7) is 12.6. The second-order valence-electron chi connectivity index (χ2n) is 9.58. The highest BCUT2D eigenvalue weighted by Gasteiger charge is 2.72. The summed E-state index contributed by atoms with van der Waals surface area (Å²) in [5, 5.41) is 0. The fourth-order valence-corrected chi connectivity index (χ4v) is 5.31. The molecule has 0 aromatic carbocycles. The quantitative estimate of drug-likeness (QED) is 0.731. The van der Waals surface area contributed by atoms with Gasteiger partial charge >= 0.3 is 12.1 Å². The molecular weight excluding hydrogens is 320 g/mol. The van der Waals surface area contributed by atoms with Crippen LogP contribution in [-0.2, 0) is 14.3 Å². The van der Waals surface area contributed by atoms with E-state index >= 15 is 0 Å². The van der Waals surface area contributed by atoms with Crippen molar-refractivity contribution < 1.29 is 19.1 Å². The molecule has 4 aliphatic rings. The Hall–Kier alpha value is -1.30. The lowest BCUT2D eigenvalue weighted by molar-refractivity contribution is -0.232. The molecule has 25 heavy (non-hydrogen) atoms. The number of ether oxygens (including phenoxy) is 2. The Balaban J connectivity index is 1.54. The molecule has 2 unspecified atom stereocenters. The zero-order chi connectivity index (χ0) is 18.6. The third-order valence-electron chi connectivity index (χ3n) is 5.92. The minimum absolute atomic E-state index is 0.0362. The third-order valence-corrected chi connectivity index (χ3v) is 5.92. The summed E-state index contributed by atoms with van der Waals surface area (Å²) in [6, 6.07) is 0.251. The molecule has 1 aliphatic heterocycles. The lowest BCUT2D eigenvalue weighted by Gasteiger charge is -2.70. The van der Waals surface area contributed by atoms with E-state index < -0.39 is 5.60 Å². The zero-order valence-corrected chi connectivity index (χ0v) is 16.4. The molecule has 0 aromatic rings. The van der Waals surface area contributed by atoms with Crippen LogP contribution in [0.4, 0.5) is 4.79 Å². The van der Waals surface area contributed by atoms with Crippen LogP contribution >= 0.6 is 0 Å². The second-order valence-corrected chi connectivity index (χ2v) is 9.58. The van der Waals surface area contributed by atoms with Crippen LogP contribution in [0.1, 0.15) is 53.9 Å². The van der Waals surface area contributed by atoms with Gasteiger partial charge in [-0.3, -0.25) is 9.69 Å². The van der Waals surface area contributed by atoms with Crippen molar-refractivity contribution in [3.63, 3.8) is 0 Å². The number of nitrogens with zero attached hydrogens (tertiary/aromatic N) is 2. The molecule has 0 spiro atoms. The molecule has 142 valence electrons. The van der Waals surface area contributed by atoms with Crippen molar-refractivity contribution in [3.8, 4) is 0 Å². The lowest BCUT2D eigenvalue weighted by Crippen LogP contribution is -2.70. The Kier molecular flexibility index (Phi) is 4.34. The Bertz CT molecular complexity index is 536. The Morgan fingerprint density at radius 1 is 1.08 bits per heavy atom. The van der Waals surface area contributed by atoms with Crippen molar-refractivity contribution >= 4 is 12.1 Å². The zero-order valence-electron chi connectivity index (χ0n) is 16.4. The highest BCUT2D eigenvalue weighted by molar-refractivity contribution is 5.81. The van der Waals surface area contributed by atoms with Crippen LogP contribution in [0, 0.1) is 10.8 Å². The maximum atomic E-state index is 12.5. The standard InChI is InChI=1S/C19H32N2O4/c1-13-7-20(8-14(2)21(13)16(23)25-17(3,4)5)12-18-9-19(10-18,11-18)15(22)24-6/h13-14H,7-12H2,1-6H3. The molecule has 2 bridgehead atoms. The number of amides is 1. The molecule has 6 nitrogen and oxygen atoms in total. The van der Waals surface area contributed by atoms with Gasteiger partial charge in [-0.15, -0.1) is 0 Å². The van der Waals surface area contributed by atoms with E-state index in [1.807, 2.05) is 25.7 Å². The van der Waals surface area contributed by atoms with Crippen molar-refractivity contribution in [2.45, 2.75) is 71.6 Å². The van der Waals surface area contributed by atoms with Crippen molar-refractivity contribution in [2.75, 3.05) is 26.7 Å². The third kappa shape index (κ3) is 3.25. The van der Waals surface area contributed by atoms with E-state index in [0.717, 1.165) is 38.9 Å². The van der Waals surface area contributed by atoms with E-state index in [-0.39, 0.29) is 29.6 Å². The first kappa shape index (κ1) is 18.5. The molecule has 1 heterocycles. The largest absolute Gasteiger partial charge is 0.469 e. The first-order valence-corrected chi connectivity index (χ1v) is 9.31. The van der Waals surface area contributed by atoms with Gasteiger partial charge in [-0.25, -0.2) is 4.79 Å². The van der Waals surface area contributed by atoms with Gasteiger partial charge < -0.3 is 14.4 Å². The maximum absolute atomic E-state index is 12.5. The van der Waals surface area contributed by atoms with Gasteiger partial charge in [0.15, 0.2) is 0 Å². The fraction of sp³-hybridized carbons (Fsp3) is 0.895. The average molecular weight is 352 g/mol. The van der Waals surface area contributed by atoms with E-state index in [1.54, 1.807) is 0 Å². The second kappa shape index (κ2) is 5.86. The van der Waals surface area contributed by atoms with Gasteiger partial charge in [0.2, 0.25) is 0 Å². The van der Waals surface area contributed by atoms with Gasteiger partial charge in [-0.2, -0.15) is 0 Å². The van der Waals surface area contributed by atoms with Gasteiger partial charge in [-0.05, 0) is 59.3 Å². The average Bonchev–Trinajstić information content (AvgIpc) is 2.37. The van der Waals surface area contributed by atoms with Crippen LogP contribution in [0.15, 0.2) is 0 Å². The highest BCUT2D eigenvalue weighted by Crippen LogP contribution is 2.73. The van der Waals surface area contributed by atoms with Gasteiger partial charge in [0.1, 0.15) is 5.60 Å². The van der Waals surface area contributed by atoms with Crippen LogP contribution in [0.25, 0.3) is 0 Å². The van der Waals surface area contributed by atoms with Crippen molar-refractivity contribution in [2.24, 2.45) is 10.8 Å². The highest BCUT2D eigenvalue weighted by atomic mass is 16.6. The molecule has 0 radical (unpaired) electrons. The van der Waals surface area contributed by atoms with Crippen LogP contribution in [0.5, 0.6) is 0 Å². The summed E-state index contributed by atoms with van der Waals surface area (Å²) in [4.78, 5) is 28.6. The summed E-state index contributed by atoms with van der Waals surface area (Å²) in [5.41, 5.74) is -0.353. The van der Waals surface area contributed by atoms with E-state index in [4.69, 9.17) is 9.47 Å². The maximum Gasteiger partial charge on any atom is 0.410 e. The molecule has 4 fully saturated rings. The molecule has 1 amide bonds. The molecule has 0 aromatic heterocycles. The molecule has 6 heteroatoms. The molecule has 3 saturated carbocycles. The first-order chi connectivity index (χ1) is 11.5. The molecule has 2 atom stereocenters. The Morgan fingerprint density at radius 3 is 2.04 bits per heavy atom. The first-order valence-electron chi connectivity index (χ1n) is 9.31. The number of piperazine rings is 1. The Labute approximate surface area is 150 Å². The van der Waals surface area contributed by atoms with E-state index in [0.29, 0.717) is 5.41 Å². The number of esters is 1. The van der Waals surface area contributed by atoms with E-state index in [2.05, 4.69) is 18.7 Å². The van der Waals surface area contributed by atoms with Gasteiger partial charge in [0.05, 0.1) is 12.5 Å².